The van der Waals surface area contributed by atoms with E-state index < -0.39 is 36.7 Å². The van der Waals surface area contributed by atoms with E-state index in [0.29, 0.717) is 0 Å². The van der Waals surface area contributed by atoms with Gasteiger partial charge in [-0.25, -0.2) is 4.98 Å². The highest BCUT2D eigenvalue weighted by molar-refractivity contribution is 5.91. The molecule has 0 radical (unpaired) electrons. The van der Waals surface area contributed by atoms with Crippen LogP contribution >= 0.6 is 0 Å². The first-order valence-corrected chi connectivity index (χ1v) is 7.73. The maximum absolute atomic E-state index is 12.1. The summed E-state index contributed by atoms with van der Waals surface area (Å²) in [6.07, 6.45) is -3.46. The van der Waals surface area contributed by atoms with Crippen LogP contribution in [0.1, 0.15) is 20.1 Å². The Kier molecular flexibility index (Phi) is 4.56. The van der Waals surface area contributed by atoms with Crippen molar-refractivity contribution < 1.29 is 24.9 Å². The molecule has 136 valence electrons. The van der Waals surface area contributed by atoms with Crippen LogP contribution < -0.4 is 10.9 Å². The number of ether oxygens (including phenoxy) is 1. The Morgan fingerprint density at radius 3 is 2.76 bits per heavy atom. The van der Waals surface area contributed by atoms with Crippen LogP contribution in [0, 0.1) is 5.92 Å². The van der Waals surface area contributed by atoms with Crippen LogP contribution in [0.2, 0.25) is 0 Å². The summed E-state index contributed by atoms with van der Waals surface area (Å²) in [5.74, 6) is -0.711. The Morgan fingerprint density at radius 1 is 1.44 bits per heavy atom. The summed E-state index contributed by atoms with van der Waals surface area (Å²) in [7, 11) is 0. The fourth-order valence-corrected chi connectivity index (χ4v) is 2.54. The molecule has 1 amide bonds. The standard InChI is InChI=1S/C14H19N5O6/c1-5(2)11(23)17-14-16-10-7(12(24)18-14)15-4-19(10)13-9(22)8(21)6(3-20)25-13/h4-6,8-9,13,20-22H,3H2,1-2H3,(H2,16,17,18,23,24)/t6-,8-,9?,13?/m1/s1. The molecule has 3 rings (SSSR count). The molecule has 3 heterocycles. The van der Waals surface area contributed by atoms with Crippen molar-refractivity contribution in [1.29, 1.82) is 0 Å². The molecule has 11 heteroatoms. The first-order chi connectivity index (χ1) is 11.8. The summed E-state index contributed by atoms with van der Waals surface area (Å²) in [6, 6.07) is 0. The molecule has 0 bridgehead atoms. The first kappa shape index (κ1) is 17.5. The highest BCUT2D eigenvalue weighted by Gasteiger charge is 2.44. The number of aromatic amines is 1. The smallest absolute Gasteiger partial charge is 0.280 e. The fourth-order valence-electron chi connectivity index (χ4n) is 2.54. The summed E-state index contributed by atoms with van der Waals surface area (Å²) in [5.41, 5.74) is -0.521. The lowest BCUT2D eigenvalue weighted by Crippen LogP contribution is -2.33. The number of imidazole rings is 1. The van der Waals surface area contributed by atoms with Gasteiger partial charge in [0.15, 0.2) is 17.4 Å². The predicted octanol–water partition coefficient (Wildman–Crippen LogP) is -1.67. The SMILES string of the molecule is CC(C)C(=O)Nc1nc2c(ncn2C2O[C@H](CO)[C@@H](O)C2O)c(=O)[nH]1. The van der Waals surface area contributed by atoms with Crippen LogP contribution in [-0.2, 0) is 9.53 Å². The number of anilines is 1. The number of aliphatic hydroxyl groups is 3. The van der Waals surface area contributed by atoms with Gasteiger partial charge in [0.1, 0.15) is 18.3 Å². The maximum atomic E-state index is 12.1. The Balaban J connectivity index is 2.01. The van der Waals surface area contributed by atoms with Crippen LogP contribution in [0.15, 0.2) is 11.1 Å². The van der Waals surface area contributed by atoms with E-state index in [1.54, 1.807) is 13.8 Å². The number of carbonyl (C=O) groups is 1. The van der Waals surface area contributed by atoms with Gasteiger partial charge >= 0.3 is 0 Å². The van der Waals surface area contributed by atoms with E-state index in [1.165, 1.54) is 10.9 Å². The highest BCUT2D eigenvalue weighted by atomic mass is 16.6. The van der Waals surface area contributed by atoms with Crippen LogP contribution in [0.5, 0.6) is 0 Å². The number of fused-ring (bicyclic) bond motifs is 1. The van der Waals surface area contributed by atoms with E-state index in [1.807, 2.05) is 0 Å². The Labute approximate surface area is 141 Å². The third-order valence-electron chi connectivity index (χ3n) is 3.99. The lowest BCUT2D eigenvalue weighted by atomic mass is 10.1. The largest absolute Gasteiger partial charge is 0.394 e. The topological polar surface area (TPSA) is 163 Å². The van der Waals surface area contributed by atoms with E-state index in [9.17, 15) is 24.9 Å². The van der Waals surface area contributed by atoms with Crippen molar-refractivity contribution in [2.24, 2.45) is 5.92 Å². The molecular formula is C14H19N5O6. The van der Waals surface area contributed by atoms with Crippen LogP contribution in [0.25, 0.3) is 11.2 Å². The molecule has 1 aliphatic rings. The molecule has 0 spiro atoms. The number of rotatable bonds is 4. The summed E-state index contributed by atoms with van der Waals surface area (Å²) in [5, 5.41) is 31.7. The van der Waals surface area contributed by atoms with Gasteiger partial charge in [0, 0.05) is 5.92 Å². The summed E-state index contributed by atoms with van der Waals surface area (Å²) < 4.78 is 6.70. The zero-order chi connectivity index (χ0) is 18.3. The van der Waals surface area contributed by atoms with Crippen molar-refractivity contribution in [3.8, 4) is 0 Å². The summed E-state index contributed by atoms with van der Waals surface area (Å²) in [4.78, 5) is 34.4. The Hall–Kier alpha value is -2.34. The van der Waals surface area contributed by atoms with Gasteiger partial charge in [-0.05, 0) is 0 Å². The summed E-state index contributed by atoms with van der Waals surface area (Å²) in [6.45, 7) is 2.90. The average molecular weight is 353 g/mol. The number of aromatic nitrogens is 4. The number of nitrogens with one attached hydrogen (secondary N) is 2. The van der Waals surface area contributed by atoms with Crippen molar-refractivity contribution in [2.45, 2.75) is 38.4 Å². The van der Waals surface area contributed by atoms with Gasteiger partial charge in [-0.15, -0.1) is 0 Å². The number of amides is 1. The number of H-pyrrole nitrogens is 1. The second-order valence-corrected chi connectivity index (χ2v) is 6.11. The van der Waals surface area contributed by atoms with E-state index >= 15 is 0 Å². The maximum Gasteiger partial charge on any atom is 0.280 e. The van der Waals surface area contributed by atoms with Gasteiger partial charge < -0.3 is 20.1 Å². The molecule has 1 aliphatic heterocycles. The number of hydrogen-bond donors (Lipinski definition) is 5. The molecule has 4 atom stereocenters. The van der Waals surface area contributed by atoms with Gasteiger partial charge in [-0.1, -0.05) is 13.8 Å². The number of aliphatic hydroxyl groups excluding tert-OH is 3. The first-order valence-electron chi connectivity index (χ1n) is 7.73. The average Bonchev–Trinajstić information content (AvgIpc) is 3.10. The molecule has 1 saturated heterocycles. The number of nitrogens with zero attached hydrogens (tertiary/aromatic N) is 3. The normalized spacial score (nSPS) is 26.5. The highest BCUT2D eigenvalue weighted by Crippen LogP contribution is 2.30. The number of carbonyl (C=O) groups excluding carboxylic acids is 1. The molecule has 2 unspecified atom stereocenters. The second-order valence-electron chi connectivity index (χ2n) is 6.11. The Morgan fingerprint density at radius 2 is 2.16 bits per heavy atom. The summed E-state index contributed by atoms with van der Waals surface area (Å²) >= 11 is 0. The van der Waals surface area contributed by atoms with Crippen molar-refractivity contribution in [1.82, 2.24) is 19.5 Å². The third-order valence-corrected chi connectivity index (χ3v) is 3.99. The molecule has 2 aromatic heterocycles. The minimum atomic E-state index is -1.34. The molecule has 5 N–H and O–H groups in total. The van der Waals surface area contributed by atoms with Crippen LogP contribution in [0.3, 0.4) is 0 Å². The van der Waals surface area contributed by atoms with Gasteiger partial charge in [0.2, 0.25) is 11.9 Å². The van der Waals surface area contributed by atoms with E-state index in [0.717, 1.165) is 0 Å². The Bertz CT molecular complexity index is 846. The third kappa shape index (κ3) is 3.02. The molecule has 25 heavy (non-hydrogen) atoms. The van der Waals surface area contributed by atoms with Gasteiger partial charge in [0.25, 0.3) is 5.56 Å². The van der Waals surface area contributed by atoms with Crippen molar-refractivity contribution in [3.63, 3.8) is 0 Å². The quantitative estimate of drug-likeness (QED) is 0.435. The van der Waals surface area contributed by atoms with Crippen LogP contribution in [-0.4, -0.2) is 65.7 Å². The molecule has 0 aromatic carbocycles. The van der Waals surface area contributed by atoms with Crippen molar-refractivity contribution >= 4 is 23.0 Å². The molecule has 11 nitrogen and oxygen atoms in total. The lowest BCUT2D eigenvalue weighted by molar-refractivity contribution is -0.118. The minimum absolute atomic E-state index is 0.0136. The zero-order valence-electron chi connectivity index (χ0n) is 13.6. The second kappa shape index (κ2) is 6.52. The van der Waals surface area contributed by atoms with Gasteiger partial charge in [0.05, 0.1) is 12.9 Å². The van der Waals surface area contributed by atoms with Gasteiger partial charge in [-0.2, -0.15) is 4.98 Å². The molecule has 0 aliphatic carbocycles. The van der Waals surface area contributed by atoms with Crippen molar-refractivity contribution in [3.05, 3.63) is 16.7 Å². The lowest BCUT2D eigenvalue weighted by Gasteiger charge is -2.16. The molecule has 2 aromatic rings. The fraction of sp³-hybridized carbons (Fsp3) is 0.571. The molecule has 0 saturated carbocycles. The number of hydrogen-bond acceptors (Lipinski definition) is 8. The monoisotopic (exact) mass is 353 g/mol. The van der Waals surface area contributed by atoms with E-state index in [4.69, 9.17) is 4.74 Å². The minimum Gasteiger partial charge on any atom is -0.394 e. The van der Waals surface area contributed by atoms with E-state index in [2.05, 4.69) is 20.3 Å². The molecular weight excluding hydrogens is 334 g/mol. The van der Waals surface area contributed by atoms with Crippen LogP contribution in [0.4, 0.5) is 5.95 Å². The van der Waals surface area contributed by atoms with E-state index in [-0.39, 0.29) is 28.9 Å². The van der Waals surface area contributed by atoms with Crippen molar-refractivity contribution in [2.75, 3.05) is 11.9 Å². The zero-order valence-corrected chi connectivity index (χ0v) is 13.6. The van der Waals surface area contributed by atoms with Gasteiger partial charge in [-0.3, -0.25) is 24.5 Å². The predicted molar refractivity (Wildman–Crippen MR) is 84.6 cm³/mol. The molecule has 1 fully saturated rings.